The minimum atomic E-state index is -1.09. The predicted molar refractivity (Wildman–Crippen MR) is 142 cm³/mol. The first-order valence-corrected chi connectivity index (χ1v) is 13.0. The monoisotopic (exact) mass is 539 g/mol. The van der Waals surface area contributed by atoms with Gasteiger partial charge in [0.05, 0.1) is 43.3 Å². The summed E-state index contributed by atoms with van der Waals surface area (Å²) in [6, 6.07) is 12.1. The fraction of sp³-hybridized carbons (Fsp3) is 0.379. The van der Waals surface area contributed by atoms with Crippen molar-refractivity contribution in [2.45, 2.75) is 37.8 Å². The zero-order valence-corrected chi connectivity index (χ0v) is 21.8. The highest BCUT2D eigenvalue weighted by Crippen LogP contribution is 2.51. The van der Waals surface area contributed by atoms with E-state index in [1.54, 1.807) is 18.2 Å². The molecule has 1 atom stereocenters. The molecule has 2 aromatic carbocycles. The van der Waals surface area contributed by atoms with Gasteiger partial charge in [0.15, 0.2) is 11.6 Å². The summed E-state index contributed by atoms with van der Waals surface area (Å²) in [5.41, 5.74) is 0.547. The molecule has 2 aliphatic rings. The number of carbonyl (C=O) groups is 1. The van der Waals surface area contributed by atoms with Crippen LogP contribution in [0.4, 0.5) is 20.2 Å². The normalized spacial score (nSPS) is 16.9. The highest BCUT2D eigenvalue weighted by atomic mass is 19.2. The largest absolute Gasteiger partial charge is 0.493 e. The molecule has 10 heteroatoms. The standard InChI is InChI=1S/C29H31F2N3O5/c1-37-26-13-12-20(27(32-26)38-2)29(33-24-14-22(30)23(31)15-25(24)34-29)21(17-6-4-3-5-7-17)16-39-19-10-8-18(9-11-19)28(35)36/h8-15,17,21,33-34H,3-7,16H2,1-2H3,(H,35,36). The Hall–Kier alpha value is -4.08. The molecular formula is C29H31F2N3O5. The van der Waals surface area contributed by atoms with Gasteiger partial charge < -0.3 is 30.0 Å². The van der Waals surface area contributed by atoms with Crippen molar-refractivity contribution in [3.63, 3.8) is 0 Å². The first kappa shape index (κ1) is 26.5. The molecule has 206 valence electrons. The van der Waals surface area contributed by atoms with Crippen molar-refractivity contribution in [3.05, 3.63) is 71.3 Å². The van der Waals surface area contributed by atoms with Crippen LogP contribution in [0, 0.1) is 23.5 Å². The number of hydrogen-bond donors (Lipinski definition) is 3. The lowest BCUT2D eigenvalue weighted by molar-refractivity contribution is 0.0696. The maximum absolute atomic E-state index is 14.3. The Morgan fingerprint density at radius 1 is 1.00 bits per heavy atom. The number of anilines is 2. The van der Waals surface area contributed by atoms with Crippen LogP contribution < -0.4 is 24.8 Å². The molecule has 0 amide bonds. The number of hydrogen-bond acceptors (Lipinski definition) is 7. The SMILES string of the molecule is COc1ccc(C2(C(COc3ccc(C(=O)O)cc3)C3CCCCC3)Nc3cc(F)c(F)cc3N2)c(OC)n1. The van der Waals surface area contributed by atoms with E-state index in [1.165, 1.54) is 26.4 Å². The fourth-order valence-corrected chi connectivity index (χ4v) is 5.75. The molecule has 1 unspecified atom stereocenters. The number of aromatic carboxylic acids is 1. The number of rotatable bonds is 9. The van der Waals surface area contributed by atoms with Gasteiger partial charge in [-0.15, -0.1) is 0 Å². The third-order valence-electron chi connectivity index (χ3n) is 7.69. The Labute approximate surface area is 225 Å². The molecule has 39 heavy (non-hydrogen) atoms. The number of methoxy groups -OCH3 is 2. The van der Waals surface area contributed by atoms with E-state index >= 15 is 0 Å². The zero-order valence-electron chi connectivity index (χ0n) is 21.8. The van der Waals surface area contributed by atoms with Crippen LogP contribution in [0.5, 0.6) is 17.5 Å². The molecule has 5 rings (SSSR count). The van der Waals surface area contributed by atoms with Crippen LogP contribution >= 0.6 is 0 Å². The van der Waals surface area contributed by atoms with E-state index < -0.39 is 23.3 Å². The van der Waals surface area contributed by atoms with Crippen molar-refractivity contribution in [1.29, 1.82) is 0 Å². The quantitative estimate of drug-likeness (QED) is 0.303. The van der Waals surface area contributed by atoms with Gasteiger partial charge in [-0.2, -0.15) is 4.98 Å². The Balaban J connectivity index is 1.60. The van der Waals surface area contributed by atoms with Crippen LogP contribution in [0.3, 0.4) is 0 Å². The van der Waals surface area contributed by atoms with Crippen molar-refractivity contribution in [2.75, 3.05) is 31.5 Å². The number of aromatic nitrogens is 1. The summed E-state index contributed by atoms with van der Waals surface area (Å²) in [5.74, 6) is -1.81. The number of carboxylic acids is 1. The maximum Gasteiger partial charge on any atom is 0.335 e. The number of pyridine rings is 1. The van der Waals surface area contributed by atoms with Crippen molar-refractivity contribution in [3.8, 4) is 17.5 Å². The number of halogens is 2. The third-order valence-corrected chi connectivity index (χ3v) is 7.69. The van der Waals surface area contributed by atoms with E-state index in [1.807, 2.05) is 6.07 Å². The van der Waals surface area contributed by atoms with E-state index in [4.69, 9.17) is 14.2 Å². The molecule has 3 aromatic rings. The van der Waals surface area contributed by atoms with Crippen LogP contribution in [0.15, 0.2) is 48.5 Å². The molecule has 0 bridgehead atoms. The molecule has 1 aliphatic heterocycles. The highest BCUT2D eigenvalue weighted by Gasteiger charge is 2.51. The van der Waals surface area contributed by atoms with Gasteiger partial charge in [-0.1, -0.05) is 19.3 Å². The predicted octanol–water partition coefficient (Wildman–Crippen LogP) is 6.04. The summed E-state index contributed by atoms with van der Waals surface area (Å²) in [6.07, 6.45) is 5.14. The van der Waals surface area contributed by atoms with E-state index in [2.05, 4.69) is 15.6 Å². The van der Waals surface area contributed by atoms with E-state index in [0.29, 0.717) is 34.4 Å². The van der Waals surface area contributed by atoms with E-state index in [0.717, 1.165) is 44.2 Å². The molecule has 1 saturated carbocycles. The van der Waals surface area contributed by atoms with Crippen molar-refractivity contribution in [2.24, 2.45) is 11.8 Å². The minimum Gasteiger partial charge on any atom is -0.493 e. The van der Waals surface area contributed by atoms with E-state index in [-0.39, 0.29) is 24.0 Å². The average Bonchev–Trinajstić information content (AvgIpc) is 3.32. The lowest BCUT2D eigenvalue weighted by atomic mass is 9.72. The first-order chi connectivity index (χ1) is 18.8. The van der Waals surface area contributed by atoms with Gasteiger partial charge in [-0.25, -0.2) is 13.6 Å². The van der Waals surface area contributed by atoms with Crippen molar-refractivity contribution < 1.29 is 32.9 Å². The lowest BCUT2D eigenvalue weighted by Gasteiger charge is -2.44. The van der Waals surface area contributed by atoms with Crippen LogP contribution in [-0.4, -0.2) is 36.9 Å². The van der Waals surface area contributed by atoms with Crippen LogP contribution in [0.1, 0.15) is 48.0 Å². The Morgan fingerprint density at radius 3 is 2.21 bits per heavy atom. The second-order valence-corrected chi connectivity index (χ2v) is 9.93. The lowest BCUT2D eigenvalue weighted by Crippen LogP contribution is -2.52. The second-order valence-electron chi connectivity index (χ2n) is 9.93. The Kier molecular flexibility index (Phi) is 7.45. The Morgan fingerprint density at radius 2 is 1.64 bits per heavy atom. The van der Waals surface area contributed by atoms with Crippen molar-refractivity contribution >= 4 is 17.3 Å². The summed E-state index contributed by atoms with van der Waals surface area (Å²) >= 11 is 0. The zero-order chi connectivity index (χ0) is 27.6. The minimum absolute atomic E-state index is 0.162. The van der Waals surface area contributed by atoms with Crippen molar-refractivity contribution in [1.82, 2.24) is 4.98 Å². The summed E-state index contributed by atoms with van der Waals surface area (Å²) < 4.78 is 45.9. The van der Waals surface area contributed by atoms with Gasteiger partial charge in [0.2, 0.25) is 11.8 Å². The number of nitrogens with zero attached hydrogens (tertiary/aromatic N) is 1. The van der Waals surface area contributed by atoms with Crippen LogP contribution in [-0.2, 0) is 5.66 Å². The summed E-state index contributed by atoms with van der Waals surface area (Å²) in [4.78, 5) is 15.8. The van der Waals surface area contributed by atoms with Gasteiger partial charge in [0.1, 0.15) is 11.4 Å². The van der Waals surface area contributed by atoms with Crippen LogP contribution in [0.2, 0.25) is 0 Å². The van der Waals surface area contributed by atoms with Gasteiger partial charge in [-0.05, 0) is 49.1 Å². The summed E-state index contributed by atoms with van der Waals surface area (Å²) in [6.45, 7) is 0.227. The molecule has 1 fully saturated rings. The molecule has 3 N–H and O–H groups in total. The van der Waals surface area contributed by atoms with Crippen LogP contribution in [0.25, 0.3) is 0 Å². The molecule has 1 aliphatic carbocycles. The number of benzene rings is 2. The maximum atomic E-state index is 14.3. The highest BCUT2D eigenvalue weighted by molar-refractivity contribution is 5.87. The topological polar surface area (TPSA) is 102 Å². The molecule has 0 saturated heterocycles. The van der Waals surface area contributed by atoms with Gasteiger partial charge in [0.25, 0.3) is 0 Å². The number of fused-ring (bicyclic) bond motifs is 1. The molecule has 0 spiro atoms. The molecule has 8 nitrogen and oxygen atoms in total. The number of ether oxygens (including phenoxy) is 3. The Bertz CT molecular complexity index is 1310. The summed E-state index contributed by atoms with van der Waals surface area (Å²) in [7, 11) is 3.02. The third kappa shape index (κ3) is 5.15. The van der Waals surface area contributed by atoms with Gasteiger partial charge in [0, 0.05) is 24.1 Å². The first-order valence-electron chi connectivity index (χ1n) is 13.0. The molecule has 0 radical (unpaired) electrons. The second kappa shape index (κ2) is 11.0. The number of nitrogens with one attached hydrogen (secondary N) is 2. The molecule has 2 heterocycles. The van der Waals surface area contributed by atoms with Gasteiger partial charge in [-0.3, -0.25) is 0 Å². The molecule has 1 aromatic heterocycles. The molecular weight excluding hydrogens is 508 g/mol. The fourth-order valence-electron chi connectivity index (χ4n) is 5.75. The number of carboxylic acid groups (broad SMARTS) is 1. The summed E-state index contributed by atoms with van der Waals surface area (Å²) in [5, 5.41) is 16.2. The smallest absolute Gasteiger partial charge is 0.335 e. The van der Waals surface area contributed by atoms with Gasteiger partial charge >= 0.3 is 5.97 Å². The average molecular weight is 540 g/mol. The van der Waals surface area contributed by atoms with E-state index in [9.17, 15) is 18.7 Å².